The lowest BCUT2D eigenvalue weighted by Crippen LogP contribution is -2.24. The first-order valence-electron chi connectivity index (χ1n) is 6.60. The van der Waals surface area contributed by atoms with Gasteiger partial charge in [-0.15, -0.1) is 0 Å². The topological polar surface area (TPSA) is 37.8 Å². The molecule has 0 aromatic carbocycles. The Balaban J connectivity index is 2.60. The predicted octanol–water partition coefficient (Wildman–Crippen LogP) is 2.89. The molecule has 0 fully saturated rings. The largest absolute Gasteiger partial charge is 0.315 e. The molecule has 102 valence electrons. The van der Waals surface area contributed by atoms with Gasteiger partial charge in [-0.05, 0) is 45.1 Å². The van der Waals surface area contributed by atoms with Gasteiger partial charge in [0.05, 0.1) is 5.75 Å². The van der Waals surface area contributed by atoms with Crippen LogP contribution in [-0.2, 0) is 12.2 Å². The van der Waals surface area contributed by atoms with Crippen LogP contribution < -0.4 is 5.32 Å². The molecule has 0 atom stereocenters. The van der Waals surface area contributed by atoms with Gasteiger partial charge in [-0.1, -0.05) is 13.8 Å². The van der Waals surface area contributed by atoms with Crippen molar-refractivity contribution < 1.29 is 0 Å². The Morgan fingerprint density at radius 2 is 1.78 bits per heavy atom. The minimum absolute atomic E-state index is 0.562. The van der Waals surface area contributed by atoms with Gasteiger partial charge in [0.1, 0.15) is 5.82 Å². The van der Waals surface area contributed by atoms with Crippen LogP contribution in [0.3, 0.4) is 0 Å². The predicted molar refractivity (Wildman–Crippen MR) is 80.2 cm³/mol. The monoisotopic (exact) mass is 267 g/mol. The van der Waals surface area contributed by atoms with Crippen molar-refractivity contribution in [3.05, 3.63) is 22.8 Å². The molecule has 0 saturated carbocycles. The van der Waals surface area contributed by atoms with Crippen molar-refractivity contribution >= 4 is 11.8 Å². The number of aromatic nitrogens is 2. The maximum absolute atomic E-state index is 4.59. The molecule has 1 aromatic rings. The fourth-order valence-corrected chi connectivity index (χ4v) is 2.41. The molecule has 1 heterocycles. The number of aryl methyl sites for hydroxylation is 2. The van der Waals surface area contributed by atoms with Crippen LogP contribution in [0.4, 0.5) is 0 Å². The van der Waals surface area contributed by atoms with Crippen molar-refractivity contribution in [3.8, 4) is 0 Å². The second kappa shape index (κ2) is 7.74. The van der Waals surface area contributed by atoms with Crippen LogP contribution in [0.1, 0.15) is 43.0 Å². The zero-order valence-electron chi connectivity index (χ0n) is 12.2. The fourth-order valence-electron chi connectivity index (χ4n) is 2.02. The van der Waals surface area contributed by atoms with Crippen molar-refractivity contribution in [1.82, 2.24) is 15.3 Å². The van der Waals surface area contributed by atoms with Gasteiger partial charge in [-0.3, -0.25) is 0 Å². The van der Waals surface area contributed by atoms with E-state index in [1.54, 1.807) is 11.8 Å². The highest BCUT2D eigenvalue weighted by Crippen LogP contribution is 2.14. The van der Waals surface area contributed by atoms with E-state index >= 15 is 0 Å². The molecule has 0 saturated heterocycles. The van der Waals surface area contributed by atoms with Crippen LogP contribution >= 0.6 is 11.8 Å². The molecule has 1 aromatic heterocycles. The second-order valence-corrected chi connectivity index (χ2v) is 5.80. The third-order valence-electron chi connectivity index (χ3n) is 2.90. The summed E-state index contributed by atoms with van der Waals surface area (Å²) in [6.45, 7) is 9.62. The lowest BCUT2D eigenvalue weighted by atomic mass is 10.1. The van der Waals surface area contributed by atoms with Crippen LogP contribution in [0.25, 0.3) is 0 Å². The van der Waals surface area contributed by atoms with Crippen LogP contribution in [0.5, 0.6) is 0 Å². The molecule has 0 unspecified atom stereocenters. The zero-order chi connectivity index (χ0) is 13.5. The van der Waals surface area contributed by atoms with Crippen LogP contribution in [0.15, 0.2) is 0 Å². The Bertz CT molecular complexity index is 354. The Labute approximate surface area is 115 Å². The number of hydrogen-bond acceptors (Lipinski definition) is 4. The molecular weight excluding hydrogens is 242 g/mol. The smallest absolute Gasteiger partial charge is 0.138 e. The molecule has 3 nitrogen and oxygen atoms in total. The number of rotatable bonds is 7. The van der Waals surface area contributed by atoms with Gasteiger partial charge >= 0.3 is 0 Å². The van der Waals surface area contributed by atoms with Crippen LogP contribution in [0.2, 0.25) is 0 Å². The first-order chi connectivity index (χ1) is 8.54. The molecule has 18 heavy (non-hydrogen) atoms. The maximum Gasteiger partial charge on any atom is 0.138 e. The molecule has 0 aliphatic heterocycles. The molecule has 0 bridgehead atoms. The molecule has 0 aliphatic rings. The summed E-state index contributed by atoms with van der Waals surface area (Å²) in [4.78, 5) is 9.17. The molecule has 0 aliphatic carbocycles. The maximum atomic E-state index is 4.59. The van der Waals surface area contributed by atoms with E-state index in [1.165, 1.54) is 5.56 Å². The lowest BCUT2D eigenvalue weighted by molar-refractivity contribution is 0.569. The van der Waals surface area contributed by atoms with E-state index in [9.17, 15) is 0 Å². The van der Waals surface area contributed by atoms with Crippen LogP contribution in [0, 0.1) is 13.8 Å². The highest BCUT2D eigenvalue weighted by Gasteiger charge is 2.08. The van der Waals surface area contributed by atoms with Gasteiger partial charge in [-0.2, -0.15) is 11.8 Å². The molecular formula is C14H25N3S. The summed E-state index contributed by atoms with van der Waals surface area (Å²) in [6, 6.07) is 0.562. The van der Waals surface area contributed by atoms with Gasteiger partial charge in [0, 0.05) is 17.4 Å². The lowest BCUT2D eigenvalue weighted by Gasteiger charge is -2.12. The number of thioether (sulfide) groups is 1. The highest BCUT2D eigenvalue weighted by molar-refractivity contribution is 7.97. The Morgan fingerprint density at radius 1 is 1.17 bits per heavy atom. The standard InChI is InChI=1S/C14H25N3S/c1-10(2)15-8-6-7-13-11(3)16-14(9-18-5)17-12(13)4/h10,15H,6-9H2,1-5H3. The van der Waals surface area contributed by atoms with Gasteiger partial charge < -0.3 is 5.32 Å². The van der Waals surface area contributed by atoms with Crippen molar-refractivity contribution in [2.45, 2.75) is 52.3 Å². The fraction of sp³-hybridized carbons (Fsp3) is 0.714. The normalized spacial score (nSPS) is 11.2. The minimum atomic E-state index is 0.562. The first-order valence-corrected chi connectivity index (χ1v) is 7.99. The summed E-state index contributed by atoms with van der Waals surface area (Å²) >= 11 is 1.77. The minimum Gasteiger partial charge on any atom is -0.315 e. The summed E-state index contributed by atoms with van der Waals surface area (Å²) in [5.41, 5.74) is 3.62. The van der Waals surface area contributed by atoms with Crippen LogP contribution in [-0.4, -0.2) is 28.8 Å². The van der Waals surface area contributed by atoms with Gasteiger partial charge in [-0.25, -0.2) is 9.97 Å². The summed E-state index contributed by atoms with van der Waals surface area (Å²) in [5.74, 6) is 1.86. The molecule has 0 amide bonds. The Morgan fingerprint density at radius 3 is 2.28 bits per heavy atom. The number of hydrogen-bond donors (Lipinski definition) is 1. The molecule has 1 rings (SSSR count). The van der Waals surface area contributed by atoms with Crippen molar-refractivity contribution in [3.63, 3.8) is 0 Å². The SMILES string of the molecule is CSCc1nc(C)c(CCCNC(C)C)c(C)n1. The summed E-state index contributed by atoms with van der Waals surface area (Å²) in [7, 11) is 0. The molecule has 0 radical (unpaired) electrons. The summed E-state index contributed by atoms with van der Waals surface area (Å²) < 4.78 is 0. The zero-order valence-corrected chi connectivity index (χ0v) is 13.0. The van der Waals surface area contributed by atoms with Gasteiger partial charge in [0.25, 0.3) is 0 Å². The van der Waals surface area contributed by atoms with E-state index in [4.69, 9.17) is 0 Å². The average molecular weight is 267 g/mol. The quantitative estimate of drug-likeness (QED) is 0.771. The van der Waals surface area contributed by atoms with E-state index < -0.39 is 0 Å². The number of nitrogens with one attached hydrogen (secondary N) is 1. The van der Waals surface area contributed by atoms with Crippen molar-refractivity contribution in [1.29, 1.82) is 0 Å². The highest BCUT2D eigenvalue weighted by atomic mass is 32.2. The van der Waals surface area contributed by atoms with Crippen molar-refractivity contribution in [2.75, 3.05) is 12.8 Å². The molecule has 1 N–H and O–H groups in total. The third-order valence-corrected chi connectivity index (χ3v) is 3.44. The van der Waals surface area contributed by atoms with Gasteiger partial charge in [0.2, 0.25) is 0 Å². The van der Waals surface area contributed by atoms with E-state index in [0.717, 1.165) is 42.4 Å². The third kappa shape index (κ3) is 4.94. The molecule has 4 heteroatoms. The first kappa shape index (κ1) is 15.4. The number of nitrogens with zero attached hydrogens (tertiary/aromatic N) is 2. The Kier molecular flexibility index (Phi) is 6.65. The van der Waals surface area contributed by atoms with E-state index in [2.05, 4.69) is 49.2 Å². The Hall–Kier alpha value is -0.610. The van der Waals surface area contributed by atoms with E-state index in [1.807, 2.05) is 0 Å². The summed E-state index contributed by atoms with van der Waals surface area (Å²) in [5, 5.41) is 3.44. The van der Waals surface area contributed by atoms with Gasteiger partial charge in [0.15, 0.2) is 0 Å². The van der Waals surface area contributed by atoms with E-state index in [-0.39, 0.29) is 0 Å². The second-order valence-electron chi connectivity index (χ2n) is 4.93. The average Bonchev–Trinajstić information content (AvgIpc) is 2.27. The summed E-state index contributed by atoms with van der Waals surface area (Å²) in [6.07, 6.45) is 4.29. The molecule has 0 spiro atoms. The van der Waals surface area contributed by atoms with Crippen molar-refractivity contribution in [2.24, 2.45) is 0 Å². The van der Waals surface area contributed by atoms with E-state index in [0.29, 0.717) is 6.04 Å².